The van der Waals surface area contributed by atoms with Gasteiger partial charge >= 0.3 is 0 Å². The molecule has 35 heavy (non-hydrogen) atoms. The van der Waals surface area contributed by atoms with Crippen LogP contribution in [0.2, 0.25) is 5.02 Å². The Morgan fingerprint density at radius 1 is 1.23 bits per heavy atom. The van der Waals surface area contributed by atoms with Crippen molar-refractivity contribution >= 4 is 33.2 Å². The summed E-state index contributed by atoms with van der Waals surface area (Å²) in [6.45, 7) is 2.67. The normalized spacial score (nSPS) is 15.8. The Kier molecular flexibility index (Phi) is 7.07. The van der Waals surface area contributed by atoms with Gasteiger partial charge in [-0.05, 0) is 50.1 Å². The molecule has 0 spiro atoms. The van der Waals surface area contributed by atoms with E-state index in [0.717, 1.165) is 17.1 Å². The molecule has 1 aromatic heterocycles. The monoisotopic (exact) mass is 518 g/mol. The molecule has 0 aliphatic carbocycles. The van der Waals surface area contributed by atoms with Gasteiger partial charge in [-0.15, -0.1) is 0 Å². The average molecular weight is 519 g/mol. The minimum atomic E-state index is -4.27. The maximum atomic E-state index is 13.6. The fraction of sp³-hybridized carbons (Fsp3) is 0.333. The second-order valence-electron chi connectivity index (χ2n) is 8.37. The number of rotatable bonds is 7. The predicted octanol–water partition coefficient (Wildman–Crippen LogP) is 2.87. The van der Waals surface area contributed by atoms with Crippen molar-refractivity contribution in [1.29, 1.82) is 0 Å². The molecule has 3 aromatic rings. The summed E-state index contributed by atoms with van der Waals surface area (Å²) < 4.78 is 36.6. The van der Waals surface area contributed by atoms with E-state index in [4.69, 9.17) is 16.3 Å². The largest absolute Gasteiger partial charge is 0.376 e. The Morgan fingerprint density at radius 3 is 2.60 bits per heavy atom. The van der Waals surface area contributed by atoms with Crippen molar-refractivity contribution < 1.29 is 17.9 Å². The summed E-state index contributed by atoms with van der Waals surface area (Å²) in [7, 11) is -1.29. The van der Waals surface area contributed by atoms with Gasteiger partial charge in [-0.2, -0.15) is 0 Å². The Balaban J connectivity index is 1.68. The number of anilines is 1. The third-order valence-corrected chi connectivity index (χ3v) is 8.42. The Labute approximate surface area is 208 Å². The van der Waals surface area contributed by atoms with Crippen LogP contribution in [0, 0.1) is 6.92 Å². The second-order valence-corrected chi connectivity index (χ2v) is 10.7. The zero-order valence-electron chi connectivity index (χ0n) is 19.7. The van der Waals surface area contributed by atoms with Gasteiger partial charge in [-0.25, -0.2) is 13.1 Å². The molecule has 1 aliphatic rings. The fourth-order valence-corrected chi connectivity index (χ4v) is 5.89. The first-order valence-electron chi connectivity index (χ1n) is 11.1. The van der Waals surface area contributed by atoms with Crippen LogP contribution in [0.25, 0.3) is 5.69 Å². The lowest BCUT2D eigenvalue weighted by Gasteiger charge is -2.19. The highest BCUT2D eigenvalue weighted by atomic mass is 35.5. The number of carbonyl (C=O) groups is 1. The number of halogens is 1. The molecule has 9 nitrogen and oxygen atoms in total. The quantitative estimate of drug-likeness (QED) is 0.518. The number of ether oxygens (including phenoxy) is 1. The highest BCUT2D eigenvalue weighted by Gasteiger charge is 2.31. The van der Waals surface area contributed by atoms with Gasteiger partial charge in [-0.3, -0.25) is 18.6 Å². The van der Waals surface area contributed by atoms with Crippen LogP contribution in [-0.2, 0) is 21.8 Å². The molecule has 1 atom stereocenters. The van der Waals surface area contributed by atoms with E-state index < -0.39 is 21.5 Å². The number of amides is 1. The Morgan fingerprint density at radius 2 is 1.94 bits per heavy atom. The third-order valence-electron chi connectivity index (χ3n) is 6.18. The van der Waals surface area contributed by atoms with E-state index in [9.17, 15) is 18.0 Å². The lowest BCUT2D eigenvalue weighted by Crippen LogP contribution is -2.33. The van der Waals surface area contributed by atoms with E-state index in [0.29, 0.717) is 24.5 Å². The summed E-state index contributed by atoms with van der Waals surface area (Å²) in [5.74, 6) is -0.432. The standard InChI is InChI=1S/C24H27ClN4O5S/c1-16-22(24(31)29(27(16)2)18-8-5-4-6-9-18)28(3)35(32,33)21-14-17(11-12-20(21)25)23(30)26-15-19-10-7-13-34-19/h4-6,8-9,11-12,14,19H,7,10,13,15H2,1-3H3,(H,26,30)/t19-/m1/s1. The number of hydrogen-bond acceptors (Lipinski definition) is 5. The maximum absolute atomic E-state index is 13.6. The SMILES string of the molecule is Cc1c(N(C)S(=O)(=O)c2cc(C(=O)NC[C@H]3CCCO3)ccc2Cl)c(=O)n(-c2ccccc2)n1C. The molecule has 0 unspecified atom stereocenters. The second kappa shape index (κ2) is 9.88. The van der Waals surface area contributed by atoms with Crippen LogP contribution in [0.5, 0.6) is 0 Å². The number of benzene rings is 2. The topological polar surface area (TPSA) is 103 Å². The van der Waals surface area contributed by atoms with Crippen LogP contribution >= 0.6 is 11.6 Å². The minimum Gasteiger partial charge on any atom is -0.376 e. The van der Waals surface area contributed by atoms with Crippen LogP contribution < -0.4 is 15.2 Å². The molecule has 1 saturated heterocycles. The first-order valence-corrected chi connectivity index (χ1v) is 13.0. The zero-order chi connectivity index (χ0) is 25.3. The van der Waals surface area contributed by atoms with Crippen molar-refractivity contribution in [3.8, 4) is 5.69 Å². The van der Waals surface area contributed by atoms with Gasteiger partial charge in [-0.1, -0.05) is 29.8 Å². The lowest BCUT2D eigenvalue weighted by molar-refractivity contribution is 0.0857. The van der Waals surface area contributed by atoms with Crippen LogP contribution in [0.1, 0.15) is 28.9 Å². The van der Waals surface area contributed by atoms with E-state index in [-0.39, 0.29) is 27.3 Å². The molecule has 0 radical (unpaired) electrons. The van der Waals surface area contributed by atoms with E-state index in [1.165, 1.54) is 29.9 Å². The van der Waals surface area contributed by atoms with Crippen molar-refractivity contribution in [1.82, 2.24) is 14.7 Å². The number of para-hydroxylation sites is 1. The van der Waals surface area contributed by atoms with Gasteiger partial charge in [0.25, 0.3) is 21.5 Å². The number of nitrogens with zero attached hydrogens (tertiary/aromatic N) is 3. The summed E-state index contributed by atoms with van der Waals surface area (Å²) in [5.41, 5.74) is 0.685. The molecule has 1 N–H and O–H groups in total. The predicted molar refractivity (Wildman–Crippen MR) is 134 cm³/mol. The van der Waals surface area contributed by atoms with Crippen molar-refractivity contribution in [3.05, 3.63) is 75.2 Å². The molecule has 11 heteroatoms. The van der Waals surface area contributed by atoms with Crippen molar-refractivity contribution in [2.45, 2.75) is 30.8 Å². The molecule has 186 valence electrons. The highest BCUT2D eigenvalue weighted by Crippen LogP contribution is 2.29. The average Bonchev–Trinajstić information content (AvgIpc) is 3.44. The van der Waals surface area contributed by atoms with Gasteiger partial charge in [0.1, 0.15) is 10.6 Å². The van der Waals surface area contributed by atoms with E-state index >= 15 is 0 Å². The minimum absolute atomic E-state index is 0.0133. The maximum Gasteiger partial charge on any atom is 0.296 e. The summed E-state index contributed by atoms with van der Waals surface area (Å²) in [5, 5.41) is 2.72. The van der Waals surface area contributed by atoms with Crippen LogP contribution in [0.3, 0.4) is 0 Å². The van der Waals surface area contributed by atoms with E-state index in [1.54, 1.807) is 42.9 Å². The fourth-order valence-electron chi connectivity index (χ4n) is 4.14. The molecule has 1 amide bonds. The van der Waals surface area contributed by atoms with Gasteiger partial charge in [0.2, 0.25) is 0 Å². The Bertz CT molecular complexity index is 1410. The van der Waals surface area contributed by atoms with Gasteiger partial charge < -0.3 is 10.1 Å². The Hall–Kier alpha value is -3.08. The molecule has 1 fully saturated rings. The number of carbonyl (C=O) groups excluding carboxylic acids is 1. The molecule has 2 aromatic carbocycles. The molecule has 4 rings (SSSR count). The first-order chi connectivity index (χ1) is 16.6. The molecular formula is C24H27ClN4O5S. The van der Waals surface area contributed by atoms with E-state index in [1.807, 2.05) is 6.07 Å². The van der Waals surface area contributed by atoms with Crippen LogP contribution in [0.15, 0.2) is 58.2 Å². The summed E-state index contributed by atoms with van der Waals surface area (Å²) in [6.07, 6.45) is 1.76. The van der Waals surface area contributed by atoms with E-state index in [2.05, 4.69) is 5.32 Å². The summed E-state index contributed by atoms with van der Waals surface area (Å²) in [6, 6.07) is 13.0. The molecule has 1 aliphatic heterocycles. The van der Waals surface area contributed by atoms with Crippen molar-refractivity contribution in [3.63, 3.8) is 0 Å². The molecular weight excluding hydrogens is 492 g/mol. The summed E-state index contributed by atoms with van der Waals surface area (Å²) in [4.78, 5) is 25.7. The van der Waals surface area contributed by atoms with Gasteiger partial charge in [0.15, 0.2) is 0 Å². The van der Waals surface area contributed by atoms with Gasteiger partial charge in [0, 0.05) is 32.8 Å². The zero-order valence-corrected chi connectivity index (χ0v) is 21.3. The molecule has 2 heterocycles. The third kappa shape index (κ3) is 4.73. The van der Waals surface area contributed by atoms with Crippen LogP contribution in [0.4, 0.5) is 5.69 Å². The highest BCUT2D eigenvalue weighted by molar-refractivity contribution is 7.93. The molecule has 0 bridgehead atoms. The molecule has 0 saturated carbocycles. The summed E-state index contributed by atoms with van der Waals surface area (Å²) >= 11 is 6.26. The van der Waals surface area contributed by atoms with Crippen molar-refractivity contribution in [2.75, 3.05) is 24.5 Å². The number of hydrogen-bond donors (Lipinski definition) is 1. The van der Waals surface area contributed by atoms with Crippen molar-refractivity contribution in [2.24, 2.45) is 7.05 Å². The van der Waals surface area contributed by atoms with Gasteiger partial charge in [0.05, 0.1) is 22.5 Å². The first kappa shape index (κ1) is 25.0. The number of sulfonamides is 1. The lowest BCUT2D eigenvalue weighted by atomic mass is 10.2. The number of nitrogens with one attached hydrogen (secondary N) is 1. The smallest absolute Gasteiger partial charge is 0.296 e. The van der Waals surface area contributed by atoms with Crippen LogP contribution in [-0.4, -0.2) is 50.0 Å². The number of aromatic nitrogens is 2.